The van der Waals surface area contributed by atoms with E-state index >= 15 is 0 Å². The molecule has 1 atom stereocenters. The molecular formula is C10H10N4O. The van der Waals surface area contributed by atoms with Gasteiger partial charge in [0.15, 0.2) is 0 Å². The van der Waals surface area contributed by atoms with Crippen LogP contribution in [0.5, 0.6) is 0 Å². The molecule has 1 aliphatic heterocycles. The van der Waals surface area contributed by atoms with Crippen LogP contribution in [-0.4, -0.2) is 22.6 Å². The first-order valence-corrected chi connectivity index (χ1v) is 4.79. The summed E-state index contributed by atoms with van der Waals surface area (Å²) in [7, 11) is 0. The SMILES string of the molecule is O=C1CNC=C2C=Cc3[nH]ncc3C2N1. The predicted octanol–water partition coefficient (Wildman–Crippen LogP) is 0.0809. The van der Waals surface area contributed by atoms with Crippen molar-refractivity contribution >= 4 is 12.0 Å². The zero-order valence-corrected chi connectivity index (χ0v) is 7.95. The topological polar surface area (TPSA) is 69.8 Å². The summed E-state index contributed by atoms with van der Waals surface area (Å²) in [5.74, 6) is -0.00583. The van der Waals surface area contributed by atoms with Crippen LogP contribution in [0.1, 0.15) is 17.3 Å². The fraction of sp³-hybridized carbons (Fsp3) is 0.200. The highest BCUT2D eigenvalue weighted by molar-refractivity contribution is 5.80. The first-order valence-electron chi connectivity index (χ1n) is 4.79. The highest BCUT2D eigenvalue weighted by atomic mass is 16.2. The van der Waals surface area contributed by atoms with Gasteiger partial charge in [0.1, 0.15) is 0 Å². The summed E-state index contributed by atoms with van der Waals surface area (Å²) in [5.41, 5.74) is 3.02. The molecule has 0 bridgehead atoms. The number of H-pyrrole nitrogens is 1. The molecule has 1 aromatic heterocycles. The van der Waals surface area contributed by atoms with E-state index in [4.69, 9.17) is 0 Å². The quantitative estimate of drug-likeness (QED) is 0.558. The van der Waals surface area contributed by atoms with Crippen molar-refractivity contribution in [2.24, 2.45) is 0 Å². The second kappa shape index (κ2) is 2.98. The van der Waals surface area contributed by atoms with Gasteiger partial charge < -0.3 is 10.6 Å². The monoisotopic (exact) mass is 202 g/mol. The molecule has 0 saturated heterocycles. The second-order valence-corrected chi connectivity index (χ2v) is 3.60. The number of amides is 1. The number of carbonyl (C=O) groups is 1. The van der Waals surface area contributed by atoms with Gasteiger partial charge in [0.05, 0.1) is 24.5 Å². The molecule has 0 spiro atoms. The van der Waals surface area contributed by atoms with Gasteiger partial charge in [-0.15, -0.1) is 0 Å². The summed E-state index contributed by atoms with van der Waals surface area (Å²) in [6.45, 7) is 0.320. The summed E-state index contributed by atoms with van der Waals surface area (Å²) in [5, 5.41) is 12.8. The number of aromatic amines is 1. The second-order valence-electron chi connectivity index (χ2n) is 3.60. The summed E-state index contributed by atoms with van der Waals surface area (Å²) in [6.07, 6.45) is 7.56. The van der Waals surface area contributed by atoms with E-state index < -0.39 is 0 Å². The van der Waals surface area contributed by atoms with Gasteiger partial charge in [-0.3, -0.25) is 9.89 Å². The van der Waals surface area contributed by atoms with Crippen molar-refractivity contribution < 1.29 is 4.79 Å². The van der Waals surface area contributed by atoms with E-state index in [0.717, 1.165) is 16.8 Å². The Morgan fingerprint density at radius 2 is 2.33 bits per heavy atom. The smallest absolute Gasteiger partial charge is 0.240 e. The van der Waals surface area contributed by atoms with Crippen molar-refractivity contribution in [1.82, 2.24) is 20.8 Å². The number of rotatable bonds is 0. The minimum Gasteiger partial charge on any atom is -0.382 e. The minimum atomic E-state index is -0.0775. The average Bonchev–Trinajstić information content (AvgIpc) is 2.61. The van der Waals surface area contributed by atoms with Gasteiger partial charge in [-0.05, 0) is 11.6 Å². The molecule has 3 N–H and O–H groups in total. The lowest BCUT2D eigenvalue weighted by Gasteiger charge is -2.20. The molecule has 0 fully saturated rings. The molecule has 15 heavy (non-hydrogen) atoms. The van der Waals surface area contributed by atoms with Crippen LogP contribution in [0, 0.1) is 0 Å². The molecule has 5 heteroatoms. The number of carbonyl (C=O) groups excluding carboxylic acids is 1. The van der Waals surface area contributed by atoms with Crippen molar-refractivity contribution in [3.63, 3.8) is 0 Å². The molecular weight excluding hydrogens is 192 g/mol. The van der Waals surface area contributed by atoms with Crippen LogP contribution in [0.3, 0.4) is 0 Å². The maximum atomic E-state index is 11.4. The van der Waals surface area contributed by atoms with Crippen molar-refractivity contribution in [3.05, 3.63) is 35.3 Å². The molecule has 5 nitrogen and oxygen atoms in total. The predicted molar refractivity (Wildman–Crippen MR) is 54.6 cm³/mol. The first kappa shape index (κ1) is 8.28. The Kier molecular flexibility index (Phi) is 1.65. The molecule has 2 heterocycles. The van der Waals surface area contributed by atoms with Crippen LogP contribution in [-0.2, 0) is 4.79 Å². The lowest BCUT2D eigenvalue weighted by molar-refractivity contribution is -0.120. The Labute approximate surface area is 86.3 Å². The van der Waals surface area contributed by atoms with E-state index in [1.165, 1.54) is 0 Å². The lowest BCUT2D eigenvalue weighted by Crippen LogP contribution is -2.32. The summed E-state index contributed by atoms with van der Waals surface area (Å²) < 4.78 is 0. The number of hydrogen-bond acceptors (Lipinski definition) is 3. The molecule has 1 unspecified atom stereocenters. The first-order chi connectivity index (χ1) is 7.34. The van der Waals surface area contributed by atoms with Crippen LogP contribution < -0.4 is 10.6 Å². The van der Waals surface area contributed by atoms with E-state index in [-0.39, 0.29) is 11.9 Å². The largest absolute Gasteiger partial charge is 0.382 e. The van der Waals surface area contributed by atoms with Crippen LogP contribution in [0.4, 0.5) is 0 Å². The van der Waals surface area contributed by atoms with E-state index in [1.807, 2.05) is 18.4 Å². The molecule has 76 valence electrons. The molecule has 2 aliphatic rings. The van der Waals surface area contributed by atoms with Gasteiger partial charge in [0, 0.05) is 11.8 Å². The van der Waals surface area contributed by atoms with Gasteiger partial charge in [0.25, 0.3) is 0 Å². The highest BCUT2D eigenvalue weighted by Crippen LogP contribution is 2.30. The van der Waals surface area contributed by atoms with E-state index in [9.17, 15) is 4.79 Å². The maximum absolute atomic E-state index is 11.4. The normalized spacial score (nSPS) is 23.1. The third-order valence-electron chi connectivity index (χ3n) is 2.62. The molecule has 1 aromatic rings. The average molecular weight is 202 g/mol. The maximum Gasteiger partial charge on any atom is 0.240 e. The van der Waals surface area contributed by atoms with Crippen LogP contribution in [0.25, 0.3) is 6.08 Å². The van der Waals surface area contributed by atoms with Crippen molar-refractivity contribution in [1.29, 1.82) is 0 Å². The number of aromatic nitrogens is 2. The van der Waals surface area contributed by atoms with Gasteiger partial charge in [-0.1, -0.05) is 6.08 Å². The Bertz CT molecular complexity index is 472. The van der Waals surface area contributed by atoms with E-state index in [0.29, 0.717) is 6.54 Å². The number of nitrogens with one attached hydrogen (secondary N) is 3. The van der Waals surface area contributed by atoms with Crippen molar-refractivity contribution in [3.8, 4) is 0 Å². The standard InChI is InChI=1S/C10H10N4O/c15-9-5-11-3-6-1-2-8-7(4-12-14-8)10(6)13-9/h1-4,10-11H,5H2,(H,12,14)(H,13,15). The summed E-state index contributed by atoms with van der Waals surface area (Å²) in [6, 6.07) is -0.0775. The molecule has 0 saturated carbocycles. The number of hydrogen-bond donors (Lipinski definition) is 3. The Hall–Kier alpha value is -2.04. The molecule has 0 aromatic carbocycles. The Balaban J connectivity index is 2.09. The zero-order chi connectivity index (χ0) is 10.3. The third-order valence-corrected chi connectivity index (χ3v) is 2.62. The third kappa shape index (κ3) is 1.24. The van der Waals surface area contributed by atoms with Gasteiger partial charge >= 0.3 is 0 Å². The molecule has 1 amide bonds. The van der Waals surface area contributed by atoms with Crippen LogP contribution in [0.2, 0.25) is 0 Å². The molecule has 0 radical (unpaired) electrons. The molecule has 1 aliphatic carbocycles. The van der Waals surface area contributed by atoms with E-state index in [1.54, 1.807) is 6.20 Å². The summed E-state index contributed by atoms with van der Waals surface area (Å²) >= 11 is 0. The van der Waals surface area contributed by atoms with Crippen LogP contribution in [0.15, 0.2) is 24.0 Å². The molecule has 3 rings (SSSR count). The van der Waals surface area contributed by atoms with Gasteiger partial charge in [-0.2, -0.15) is 5.10 Å². The lowest BCUT2D eigenvalue weighted by atomic mass is 9.94. The van der Waals surface area contributed by atoms with E-state index in [2.05, 4.69) is 20.8 Å². The zero-order valence-electron chi connectivity index (χ0n) is 7.95. The number of nitrogens with zero attached hydrogens (tertiary/aromatic N) is 1. The number of fused-ring (bicyclic) bond motifs is 3. The van der Waals surface area contributed by atoms with Crippen molar-refractivity contribution in [2.45, 2.75) is 6.04 Å². The minimum absolute atomic E-state index is 0.00583. The van der Waals surface area contributed by atoms with Crippen LogP contribution >= 0.6 is 0 Å². The van der Waals surface area contributed by atoms with Gasteiger partial charge in [-0.25, -0.2) is 0 Å². The fourth-order valence-corrected chi connectivity index (χ4v) is 1.89. The fourth-order valence-electron chi connectivity index (χ4n) is 1.89. The highest BCUT2D eigenvalue weighted by Gasteiger charge is 2.25. The van der Waals surface area contributed by atoms with Crippen molar-refractivity contribution in [2.75, 3.05) is 6.54 Å². The van der Waals surface area contributed by atoms with Gasteiger partial charge in [0.2, 0.25) is 5.91 Å². The summed E-state index contributed by atoms with van der Waals surface area (Å²) in [4.78, 5) is 11.4. The Morgan fingerprint density at radius 3 is 3.27 bits per heavy atom. The Morgan fingerprint density at radius 1 is 1.40 bits per heavy atom.